The lowest BCUT2D eigenvalue weighted by atomic mass is 10.2. The van der Waals surface area contributed by atoms with Crippen molar-refractivity contribution in [2.75, 3.05) is 11.8 Å². The summed E-state index contributed by atoms with van der Waals surface area (Å²) in [4.78, 5) is 11.6. The largest absolute Gasteiger partial charge is 0.500 e. The van der Waals surface area contributed by atoms with Gasteiger partial charge in [-0.2, -0.15) is 0 Å². The van der Waals surface area contributed by atoms with Gasteiger partial charge in [-0.25, -0.2) is 13.2 Å². The van der Waals surface area contributed by atoms with E-state index in [0.717, 1.165) is 6.42 Å². The Morgan fingerprint density at radius 1 is 1.14 bits per heavy atom. The lowest BCUT2D eigenvalue weighted by Crippen LogP contribution is -2.17. The first-order chi connectivity index (χ1) is 13.4. The maximum atomic E-state index is 12.6. The summed E-state index contributed by atoms with van der Waals surface area (Å²) in [6.45, 7) is 9.64. The van der Waals surface area contributed by atoms with E-state index in [4.69, 9.17) is 9.15 Å². The second-order valence-corrected chi connectivity index (χ2v) is 7.16. The van der Waals surface area contributed by atoms with Gasteiger partial charge in [0.1, 0.15) is 16.2 Å². The van der Waals surface area contributed by atoms with Crippen molar-refractivity contribution in [3.8, 4) is 0 Å². The Bertz CT molecular complexity index is 1020. The highest BCUT2D eigenvalue weighted by Crippen LogP contribution is 2.26. The number of fused-ring (bicyclic) bond motifs is 1. The van der Waals surface area contributed by atoms with E-state index in [0.29, 0.717) is 34.4 Å². The topological polar surface area (TPSA) is 85.6 Å². The summed E-state index contributed by atoms with van der Waals surface area (Å²) in [6, 6.07) is 6.41. The number of hydrogen-bond donors (Lipinski definition) is 1. The number of hydrogen-bond acceptors (Lipinski definition) is 5. The fraction of sp³-hybridized carbons (Fsp3) is 0.381. The molecule has 7 heteroatoms. The van der Waals surface area contributed by atoms with Gasteiger partial charge in [0, 0.05) is 24.5 Å². The van der Waals surface area contributed by atoms with Crippen LogP contribution < -0.4 is 10.3 Å². The Kier molecular flexibility index (Phi) is 8.99. The number of nitrogens with one attached hydrogen (secondary N) is 1. The van der Waals surface area contributed by atoms with Crippen molar-refractivity contribution in [3.63, 3.8) is 0 Å². The molecule has 1 N–H and O–H groups in total. The fourth-order valence-electron chi connectivity index (χ4n) is 2.56. The Balaban J connectivity index is 0.00000148. The van der Waals surface area contributed by atoms with Crippen molar-refractivity contribution in [1.29, 1.82) is 0 Å². The molecule has 1 aliphatic rings. The van der Waals surface area contributed by atoms with Crippen LogP contribution in [-0.2, 0) is 14.8 Å². The summed E-state index contributed by atoms with van der Waals surface area (Å²) in [6.07, 6.45) is 4.65. The molecule has 28 heavy (non-hydrogen) atoms. The molecule has 1 aliphatic carbocycles. The monoisotopic (exact) mass is 409 g/mol. The van der Waals surface area contributed by atoms with E-state index in [-0.39, 0.29) is 6.33 Å². The molecule has 1 aromatic carbocycles. The van der Waals surface area contributed by atoms with Gasteiger partial charge in [0.05, 0.1) is 7.11 Å². The third-order valence-electron chi connectivity index (χ3n) is 3.78. The van der Waals surface area contributed by atoms with E-state index < -0.39 is 15.6 Å². The molecule has 0 saturated heterocycles. The van der Waals surface area contributed by atoms with Crippen LogP contribution in [0.25, 0.3) is 11.0 Å². The van der Waals surface area contributed by atoms with Crippen LogP contribution in [0, 0.1) is 6.92 Å². The van der Waals surface area contributed by atoms with Crippen molar-refractivity contribution in [2.24, 2.45) is 0 Å². The molecule has 0 aliphatic heterocycles. The van der Waals surface area contributed by atoms with Gasteiger partial charge in [-0.1, -0.05) is 33.8 Å². The van der Waals surface area contributed by atoms with Crippen LogP contribution in [0.15, 0.2) is 56.3 Å². The molecule has 0 radical (unpaired) electrons. The minimum absolute atomic E-state index is 0. The number of sulfonamides is 1. The van der Waals surface area contributed by atoms with Crippen LogP contribution in [0.5, 0.6) is 0 Å². The molecule has 0 unspecified atom stereocenters. The van der Waals surface area contributed by atoms with Crippen molar-refractivity contribution in [1.82, 2.24) is 0 Å². The third-order valence-corrected chi connectivity index (χ3v) is 5.22. The highest BCUT2D eigenvalue weighted by molar-refractivity contribution is 7.96. The highest BCUT2D eigenvalue weighted by atomic mass is 32.2. The number of benzene rings is 1. The standard InChI is InChI=1S/C17H17NO5S.2C2H6.H2/c1-11-9-12-10-13(7-8-14(12)23-17(11)19)18-24(20,21)16-6-4-3-5-15(16)22-2;2*1-2;/h4,6-10,18H,3,5H2,1-2H3;2*1-2H3;1H. The normalized spacial score (nSPS) is 13.2. The molecule has 156 valence electrons. The SMILES string of the molecule is CC.CC.COC1=C(S(=O)(=O)Nc2ccc3oc(=O)c(C)cc3c2)C=CCC1.[HH]. The predicted octanol–water partition coefficient (Wildman–Crippen LogP) is 5.35. The van der Waals surface area contributed by atoms with Gasteiger partial charge in [0.25, 0.3) is 10.0 Å². The number of methoxy groups -OCH3 is 1. The minimum atomic E-state index is -3.76. The van der Waals surface area contributed by atoms with E-state index in [9.17, 15) is 13.2 Å². The maximum absolute atomic E-state index is 12.6. The molecule has 0 bridgehead atoms. The molecule has 0 amide bonds. The minimum Gasteiger partial charge on any atom is -0.500 e. The van der Waals surface area contributed by atoms with Crippen LogP contribution >= 0.6 is 0 Å². The molecule has 6 nitrogen and oxygen atoms in total. The van der Waals surface area contributed by atoms with E-state index in [1.165, 1.54) is 7.11 Å². The smallest absolute Gasteiger partial charge is 0.339 e. The first kappa shape index (κ1) is 23.5. The van der Waals surface area contributed by atoms with Gasteiger partial charge >= 0.3 is 5.63 Å². The van der Waals surface area contributed by atoms with E-state index >= 15 is 0 Å². The van der Waals surface area contributed by atoms with E-state index in [1.54, 1.807) is 43.3 Å². The first-order valence-corrected chi connectivity index (χ1v) is 10.9. The summed E-state index contributed by atoms with van der Waals surface area (Å²) in [5.74, 6) is 0.438. The predicted molar refractivity (Wildman–Crippen MR) is 117 cm³/mol. The Morgan fingerprint density at radius 3 is 2.46 bits per heavy atom. The maximum Gasteiger partial charge on any atom is 0.339 e. The van der Waals surface area contributed by atoms with E-state index in [1.807, 2.05) is 27.7 Å². The van der Waals surface area contributed by atoms with Crippen LogP contribution in [0.4, 0.5) is 5.69 Å². The summed E-state index contributed by atoms with van der Waals surface area (Å²) in [5.41, 5.74) is 0.848. The first-order valence-electron chi connectivity index (χ1n) is 9.42. The molecular weight excluding hydrogens is 378 g/mol. The average molecular weight is 410 g/mol. The average Bonchev–Trinajstić information content (AvgIpc) is 2.72. The highest BCUT2D eigenvalue weighted by Gasteiger charge is 2.23. The summed E-state index contributed by atoms with van der Waals surface area (Å²) in [5, 5.41) is 0.646. The fourth-order valence-corrected chi connectivity index (χ4v) is 3.87. The zero-order valence-electron chi connectivity index (χ0n) is 17.3. The molecular formula is C21H31NO5S. The Hall–Kier alpha value is -2.54. The molecule has 2 aromatic rings. The number of ether oxygens (including phenoxy) is 1. The lowest BCUT2D eigenvalue weighted by molar-refractivity contribution is 0.275. The van der Waals surface area contributed by atoms with Crippen LogP contribution in [0.3, 0.4) is 0 Å². The van der Waals surface area contributed by atoms with Crippen LogP contribution in [0.1, 0.15) is 47.5 Å². The molecule has 3 rings (SSSR count). The molecule has 0 fully saturated rings. The summed E-state index contributed by atoms with van der Waals surface area (Å²) in [7, 11) is -2.30. The van der Waals surface area contributed by atoms with Crippen LogP contribution in [0.2, 0.25) is 0 Å². The van der Waals surface area contributed by atoms with Gasteiger partial charge in [0.15, 0.2) is 0 Å². The van der Waals surface area contributed by atoms with Crippen molar-refractivity contribution in [3.05, 3.63) is 63.1 Å². The zero-order valence-corrected chi connectivity index (χ0v) is 18.1. The number of anilines is 1. The molecule has 0 atom stereocenters. The van der Waals surface area contributed by atoms with Crippen molar-refractivity contribution < 1.29 is 19.0 Å². The van der Waals surface area contributed by atoms with Gasteiger partial charge in [-0.15, -0.1) is 0 Å². The van der Waals surface area contributed by atoms with E-state index in [2.05, 4.69) is 4.72 Å². The van der Waals surface area contributed by atoms with Gasteiger partial charge < -0.3 is 9.15 Å². The van der Waals surface area contributed by atoms with Crippen molar-refractivity contribution in [2.45, 2.75) is 47.5 Å². The summed E-state index contributed by atoms with van der Waals surface area (Å²) < 4.78 is 38.1. The van der Waals surface area contributed by atoms with Gasteiger partial charge in [-0.05, 0) is 43.7 Å². The number of rotatable bonds is 4. The zero-order chi connectivity index (χ0) is 21.3. The quantitative estimate of drug-likeness (QED) is 0.688. The molecule has 0 saturated carbocycles. The van der Waals surface area contributed by atoms with Crippen molar-refractivity contribution >= 4 is 26.7 Å². The molecule has 0 spiro atoms. The second-order valence-electron chi connectivity index (χ2n) is 5.51. The lowest BCUT2D eigenvalue weighted by Gasteiger charge is -2.16. The summed E-state index contributed by atoms with van der Waals surface area (Å²) >= 11 is 0. The van der Waals surface area contributed by atoms with Crippen LogP contribution in [-0.4, -0.2) is 15.5 Å². The van der Waals surface area contributed by atoms with Gasteiger partial charge in [-0.3, -0.25) is 4.72 Å². The molecule has 1 heterocycles. The number of aryl methyl sites for hydroxylation is 1. The number of allylic oxidation sites excluding steroid dienone is 3. The second kappa shape index (κ2) is 10.7. The third kappa shape index (κ3) is 5.48. The molecule has 1 aromatic heterocycles. The Labute approximate surface area is 168 Å². The Morgan fingerprint density at radius 2 is 1.82 bits per heavy atom. The van der Waals surface area contributed by atoms with Gasteiger partial charge in [0.2, 0.25) is 0 Å².